The van der Waals surface area contributed by atoms with Gasteiger partial charge in [-0.3, -0.25) is 0 Å². The molecule has 0 N–H and O–H groups in total. The van der Waals surface area contributed by atoms with Crippen LogP contribution in [-0.2, 0) is 9.05 Å². The molecule has 1 aromatic rings. The molecule has 1 aliphatic rings. The molecule has 17 heavy (non-hydrogen) atoms. The molecule has 2 nitrogen and oxygen atoms in total. The molecule has 0 amide bonds. The molecule has 0 spiro atoms. The van der Waals surface area contributed by atoms with Gasteiger partial charge in [0.1, 0.15) is 4.75 Å². The standard InChI is InChI=1S/C13H13ClO2S/c1-13(17(14,15)16)9-7-12(8-10-13)11-5-3-2-4-6-11/h2-9H,10H2,1H3. The zero-order chi connectivity index (χ0) is 12.5. The molecule has 1 aromatic carbocycles. The lowest BCUT2D eigenvalue weighted by Crippen LogP contribution is -2.30. The molecule has 90 valence electrons. The zero-order valence-corrected chi connectivity index (χ0v) is 11.0. The number of hydrogen-bond acceptors (Lipinski definition) is 2. The van der Waals surface area contributed by atoms with Gasteiger partial charge >= 0.3 is 0 Å². The van der Waals surface area contributed by atoms with Gasteiger partial charge in [-0.05, 0) is 24.5 Å². The minimum absolute atomic E-state index is 0.402. The second-order valence-corrected chi connectivity index (χ2v) is 7.34. The first-order valence-electron chi connectivity index (χ1n) is 5.31. The normalized spacial score (nSPS) is 24.5. The van der Waals surface area contributed by atoms with Crippen molar-refractivity contribution in [3.63, 3.8) is 0 Å². The van der Waals surface area contributed by atoms with E-state index < -0.39 is 13.8 Å². The summed E-state index contributed by atoms with van der Waals surface area (Å²) >= 11 is 0. The molecular weight excluding hydrogens is 256 g/mol. The molecule has 0 radical (unpaired) electrons. The van der Waals surface area contributed by atoms with Gasteiger partial charge in [0.15, 0.2) is 0 Å². The zero-order valence-electron chi connectivity index (χ0n) is 9.43. The first-order chi connectivity index (χ1) is 7.92. The summed E-state index contributed by atoms with van der Waals surface area (Å²) in [5, 5.41) is 0. The van der Waals surface area contributed by atoms with Crippen LogP contribution in [0.1, 0.15) is 18.9 Å². The van der Waals surface area contributed by atoms with Crippen molar-refractivity contribution < 1.29 is 8.42 Å². The maximum atomic E-state index is 11.4. The van der Waals surface area contributed by atoms with E-state index in [0.29, 0.717) is 6.42 Å². The van der Waals surface area contributed by atoms with Gasteiger partial charge in [0.2, 0.25) is 9.05 Å². The third kappa shape index (κ3) is 2.45. The Morgan fingerprint density at radius 3 is 2.35 bits per heavy atom. The predicted octanol–water partition coefficient (Wildman–Crippen LogP) is 3.36. The molecule has 0 aliphatic heterocycles. The number of rotatable bonds is 2. The molecule has 0 aromatic heterocycles. The van der Waals surface area contributed by atoms with Crippen LogP contribution < -0.4 is 0 Å². The Morgan fingerprint density at radius 2 is 1.88 bits per heavy atom. The van der Waals surface area contributed by atoms with Crippen molar-refractivity contribution in [2.24, 2.45) is 0 Å². The molecule has 0 saturated carbocycles. The van der Waals surface area contributed by atoms with Crippen LogP contribution in [0.3, 0.4) is 0 Å². The van der Waals surface area contributed by atoms with Gasteiger partial charge in [-0.1, -0.05) is 48.6 Å². The third-order valence-corrected chi connectivity index (χ3v) is 5.48. The van der Waals surface area contributed by atoms with Crippen LogP contribution in [0.2, 0.25) is 0 Å². The molecule has 0 fully saturated rings. The molecule has 1 atom stereocenters. The van der Waals surface area contributed by atoms with E-state index in [4.69, 9.17) is 10.7 Å². The topological polar surface area (TPSA) is 34.1 Å². The van der Waals surface area contributed by atoms with Crippen molar-refractivity contribution >= 4 is 25.3 Å². The summed E-state index contributed by atoms with van der Waals surface area (Å²) < 4.78 is 21.9. The lowest BCUT2D eigenvalue weighted by atomic mass is 9.94. The molecule has 4 heteroatoms. The van der Waals surface area contributed by atoms with Gasteiger partial charge < -0.3 is 0 Å². The molecule has 2 rings (SSSR count). The summed E-state index contributed by atoms with van der Waals surface area (Å²) in [5.41, 5.74) is 2.11. The monoisotopic (exact) mass is 268 g/mol. The highest BCUT2D eigenvalue weighted by Gasteiger charge is 2.35. The van der Waals surface area contributed by atoms with Crippen molar-refractivity contribution in [1.29, 1.82) is 0 Å². The minimum atomic E-state index is -3.59. The fourth-order valence-electron chi connectivity index (χ4n) is 1.74. The van der Waals surface area contributed by atoms with Crippen molar-refractivity contribution in [2.45, 2.75) is 18.1 Å². The predicted molar refractivity (Wildman–Crippen MR) is 71.4 cm³/mol. The van der Waals surface area contributed by atoms with E-state index in [2.05, 4.69) is 0 Å². The Morgan fingerprint density at radius 1 is 1.24 bits per heavy atom. The van der Waals surface area contributed by atoms with Gasteiger partial charge in [0.25, 0.3) is 0 Å². The third-order valence-electron chi connectivity index (χ3n) is 3.01. The average Bonchev–Trinajstić information content (AvgIpc) is 2.30. The van der Waals surface area contributed by atoms with Crippen LogP contribution in [-0.4, -0.2) is 13.2 Å². The maximum Gasteiger partial charge on any atom is 0.241 e. The van der Waals surface area contributed by atoms with Gasteiger partial charge in [-0.25, -0.2) is 8.42 Å². The fraction of sp³-hybridized carbons (Fsp3) is 0.231. The highest BCUT2D eigenvalue weighted by atomic mass is 35.7. The van der Waals surface area contributed by atoms with E-state index in [9.17, 15) is 8.42 Å². The van der Waals surface area contributed by atoms with E-state index in [1.54, 1.807) is 13.0 Å². The first-order valence-corrected chi connectivity index (χ1v) is 7.62. The number of hydrogen-bond donors (Lipinski definition) is 0. The molecular formula is C13H13ClO2S. The highest BCUT2D eigenvalue weighted by molar-refractivity contribution is 8.15. The van der Waals surface area contributed by atoms with Gasteiger partial charge in [0, 0.05) is 10.7 Å². The average molecular weight is 269 g/mol. The smallest absolute Gasteiger partial charge is 0.211 e. The number of benzene rings is 1. The lowest BCUT2D eigenvalue weighted by molar-refractivity contribution is 0.578. The number of allylic oxidation sites excluding steroid dienone is 3. The van der Waals surface area contributed by atoms with Crippen molar-refractivity contribution in [2.75, 3.05) is 0 Å². The van der Waals surface area contributed by atoms with Gasteiger partial charge in [0.05, 0.1) is 0 Å². The molecule has 1 unspecified atom stereocenters. The minimum Gasteiger partial charge on any atom is -0.211 e. The Balaban J connectivity index is 2.29. The van der Waals surface area contributed by atoms with E-state index >= 15 is 0 Å². The van der Waals surface area contributed by atoms with Crippen LogP contribution in [0.25, 0.3) is 5.57 Å². The summed E-state index contributed by atoms with van der Waals surface area (Å²) in [6.45, 7) is 1.63. The van der Waals surface area contributed by atoms with Crippen molar-refractivity contribution in [1.82, 2.24) is 0 Å². The quantitative estimate of drug-likeness (QED) is 0.771. The van der Waals surface area contributed by atoms with Crippen molar-refractivity contribution in [3.8, 4) is 0 Å². The summed E-state index contributed by atoms with van der Waals surface area (Å²) in [4.78, 5) is 0. The molecule has 0 heterocycles. The summed E-state index contributed by atoms with van der Waals surface area (Å²) in [6.07, 6.45) is 5.80. The second-order valence-electron chi connectivity index (χ2n) is 4.31. The van der Waals surface area contributed by atoms with E-state index in [-0.39, 0.29) is 0 Å². The molecule has 0 saturated heterocycles. The van der Waals surface area contributed by atoms with Crippen LogP contribution in [0.5, 0.6) is 0 Å². The van der Waals surface area contributed by atoms with Crippen LogP contribution in [0.15, 0.2) is 48.6 Å². The Kier molecular flexibility index (Phi) is 3.15. The van der Waals surface area contributed by atoms with E-state index in [0.717, 1.165) is 11.1 Å². The number of halogens is 1. The summed E-state index contributed by atoms with van der Waals surface area (Å²) in [7, 11) is 1.85. The molecule has 0 bridgehead atoms. The first kappa shape index (κ1) is 12.4. The van der Waals surface area contributed by atoms with Crippen LogP contribution >= 0.6 is 10.7 Å². The largest absolute Gasteiger partial charge is 0.241 e. The van der Waals surface area contributed by atoms with E-state index in [1.807, 2.05) is 42.5 Å². The Labute approximate surface area is 106 Å². The van der Waals surface area contributed by atoms with Crippen LogP contribution in [0, 0.1) is 0 Å². The van der Waals surface area contributed by atoms with E-state index in [1.165, 1.54) is 0 Å². The Bertz CT molecular complexity index is 573. The Hall–Kier alpha value is -1.06. The van der Waals surface area contributed by atoms with Gasteiger partial charge in [-0.2, -0.15) is 0 Å². The fourth-order valence-corrected chi connectivity index (χ4v) is 2.60. The summed E-state index contributed by atoms with van der Waals surface area (Å²) in [6, 6.07) is 9.85. The van der Waals surface area contributed by atoms with Gasteiger partial charge in [-0.15, -0.1) is 0 Å². The second kappa shape index (κ2) is 4.31. The van der Waals surface area contributed by atoms with Crippen molar-refractivity contribution in [3.05, 3.63) is 54.1 Å². The molecule has 1 aliphatic carbocycles. The summed E-state index contributed by atoms with van der Waals surface area (Å²) in [5.74, 6) is 0. The highest BCUT2D eigenvalue weighted by Crippen LogP contribution is 2.34. The maximum absolute atomic E-state index is 11.4. The lowest BCUT2D eigenvalue weighted by Gasteiger charge is -2.24. The van der Waals surface area contributed by atoms with Crippen LogP contribution in [0.4, 0.5) is 0 Å². The SMILES string of the molecule is CC1(S(=O)(=O)Cl)C=CC(c2ccccc2)=CC1.